The van der Waals surface area contributed by atoms with Crippen molar-refractivity contribution in [2.45, 2.75) is 38.5 Å². The predicted molar refractivity (Wildman–Crippen MR) is 91.4 cm³/mol. The standard InChI is InChI=1S/C18H20N4O3/c1-12-17(23)20-15-7-2-6-14(16(15)25-12)18(24)22-10-3-5-13(22)11-21-9-4-8-19-21/h2,4,6-9,12-13H,3,5,10-11H2,1H3,(H,20,23). The number of fused-ring (bicyclic) bond motifs is 1. The molecule has 2 amide bonds. The average molecular weight is 340 g/mol. The number of aromatic nitrogens is 2. The second-order valence-corrected chi connectivity index (χ2v) is 6.45. The molecule has 3 heterocycles. The minimum atomic E-state index is -0.611. The summed E-state index contributed by atoms with van der Waals surface area (Å²) in [7, 11) is 0. The maximum absolute atomic E-state index is 13.1. The van der Waals surface area contributed by atoms with Crippen molar-refractivity contribution in [3.05, 3.63) is 42.2 Å². The molecule has 7 heteroatoms. The zero-order valence-corrected chi connectivity index (χ0v) is 14.0. The Bertz CT molecular complexity index is 803. The van der Waals surface area contributed by atoms with Crippen LogP contribution < -0.4 is 10.1 Å². The summed E-state index contributed by atoms with van der Waals surface area (Å²) in [6.45, 7) is 3.08. The summed E-state index contributed by atoms with van der Waals surface area (Å²) in [5.74, 6) is 0.203. The van der Waals surface area contributed by atoms with E-state index in [-0.39, 0.29) is 17.9 Å². The Morgan fingerprint density at radius 3 is 3.08 bits per heavy atom. The third-order valence-electron chi connectivity index (χ3n) is 4.76. The number of benzene rings is 1. The van der Waals surface area contributed by atoms with Crippen LogP contribution in [-0.4, -0.2) is 45.2 Å². The number of hydrogen-bond donors (Lipinski definition) is 1. The number of anilines is 1. The van der Waals surface area contributed by atoms with Crippen LogP contribution in [0.25, 0.3) is 0 Å². The predicted octanol–water partition coefficient (Wildman–Crippen LogP) is 1.91. The lowest BCUT2D eigenvalue weighted by molar-refractivity contribution is -0.122. The lowest BCUT2D eigenvalue weighted by atomic mass is 10.1. The summed E-state index contributed by atoms with van der Waals surface area (Å²) in [4.78, 5) is 26.8. The highest BCUT2D eigenvalue weighted by atomic mass is 16.5. The molecule has 2 unspecified atom stereocenters. The number of carbonyl (C=O) groups excluding carboxylic acids is 2. The average Bonchev–Trinajstić information content (AvgIpc) is 3.27. The SMILES string of the molecule is CC1Oc2c(cccc2C(=O)N2CCCC2Cn2cccn2)NC1=O. The molecule has 1 N–H and O–H groups in total. The van der Waals surface area contributed by atoms with Crippen LogP contribution in [0.15, 0.2) is 36.7 Å². The molecular formula is C18H20N4O3. The van der Waals surface area contributed by atoms with Crippen LogP contribution in [0.4, 0.5) is 5.69 Å². The van der Waals surface area contributed by atoms with Gasteiger partial charge in [-0.3, -0.25) is 14.3 Å². The fraction of sp³-hybridized carbons (Fsp3) is 0.389. The van der Waals surface area contributed by atoms with Gasteiger partial charge in [0, 0.05) is 18.9 Å². The number of hydrogen-bond acceptors (Lipinski definition) is 4. The molecule has 2 aliphatic heterocycles. The Labute approximate surface area is 145 Å². The number of rotatable bonds is 3. The van der Waals surface area contributed by atoms with Crippen LogP contribution in [-0.2, 0) is 11.3 Å². The quantitative estimate of drug-likeness (QED) is 0.926. The largest absolute Gasteiger partial charge is 0.478 e. The van der Waals surface area contributed by atoms with Gasteiger partial charge in [0.1, 0.15) is 0 Å². The first-order valence-corrected chi connectivity index (χ1v) is 8.52. The Morgan fingerprint density at radius 2 is 2.28 bits per heavy atom. The fourth-order valence-corrected chi connectivity index (χ4v) is 3.47. The van der Waals surface area contributed by atoms with E-state index >= 15 is 0 Å². The van der Waals surface area contributed by atoms with E-state index in [1.807, 2.05) is 21.8 Å². The summed E-state index contributed by atoms with van der Waals surface area (Å²) in [5, 5.41) is 7.04. The molecule has 2 aliphatic rings. The number of likely N-dealkylation sites (tertiary alicyclic amines) is 1. The third kappa shape index (κ3) is 2.86. The highest BCUT2D eigenvalue weighted by Crippen LogP contribution is 2.35. The first kappa shape index (κ1) is 15.7. The highest BCUT2D eigenvalue weighted by molar-refractivity contribution is 6.04. The van der Waals surface area contributed by atoms with Crippen molar-refractivity contribution in [3.8, 4) is 5.75 Å². The summed E-state index contributed by atoms with van der Waals surface area (Å²) in [5.41, 5.74) is 1.05. The maximum atomic E-state index is 13.1. The molecule has 2 atom stereocenters. The molecule has 0 aliphatic carbocycles. The van der Waals surface area contributed by atoms with E-state index in [2.05, 4.69) is 10.4 Å². The van der Waals surface area contributed by atoms with E-state index in [0.717, 1.165) is 19.4 Å². The molecule has 130 valence electrons. The van der Waals surface area contributed by atoms with Crippen molar-refractivity contribution in [3.63, 3.8) is 0 Å². The zero-order valence-electron chi connectivity index (χ0n) is 14.0. The Balaban J connectivity index is 1.60. The first-order chi connectivity index (χ1) is 12.1. The molecule has 0 saturated carbocycles. The van der Waals surface area contributed by atoms with Gasteiger partial charge in [0.2, 0.25) is 0 Å². The molecule has 4 rings (SSSR count). The highest BCUT2D eigenvalue weighted by Gasteiger charge is 2.34. The molecule has 1 aromatic carbocycles. The normalized spacial score (nSPS) is 22.3. The molecule has 1 fully saturated rings. The number of carbonyl (C=O) groups is 2. The molecule has 1 saturated heterocycles. The van der Waals surface area contributed by atoms with Gasteiger partial charge >= 0.3 is 0 Å². The van der Waals surface area contributed by atoms with Gasteiger partial charge in [0.05, 0.1) is 23.8 Å². The topological polar surface area (TPSA) is 76.5 Å². The first-order valence-electron chi connectivity index (χ1n) is 8.52. The van der Waals surface area contributed by atoms with E-state index in [0.29, 0.717) is 23.5 Å². The third-order valence-corrected chi connectivity index (χ3v) is 4.76. The summed E-state index contributed by atoms with van der Waals surface area (Å²) in [6, 6.07) is 7.27. The van der Waals surface area contributed by atoms with Gasteiger partial charge in [0.15, 0.2) is 11.9 Å². The minimum Gasteiger partial charge on any atom is -0.478 e. The van der Waals surface area contributed by atoms with E-state index in [9.17, 15) is 9.59 Å². The van der Waals surface area contributed by atoms with Gasteiger partial charge < -0.3 is 15.0 Å². The van der Waals surface area contributed by atoms with Crippen molar-refractivity contribution in [1.82, 2.24) is 14.7 Å². The Morgan fingerprint density at radius 1 is 1.40 bits per heavy atom. The van der Waals surface area contributed by atoms with Crippen LogP contribution in [0.3, 0.4) is 0 Å². The molecule has 2 aromatic rings. The van der Waals surface area contributed by atoms with Crippen molar-refractivity contribution >= 4 is 17.5 Å². The molecule has 7 nitrogen and oxygen atoms in total. The zero-order chi connectivity index (χ0) is 17.4. The lowest BCUT2D eigenvalue weighted by Crippen LogP contribution is -2.40. The second-order valence-electron chi connectivity index (χ2n) is 6.45. The van der Waals surface area contributed by atoms with E-state index in [1.54, 1.807) is 31.3 Å². The number of ether oxygens (including phenoxy) is 1. The molecule has 0 spiro atoms. The molecule has 1 aromatic heterocycles. The van der Waals surface area contributed by atoms with Crippen LogP contribution in [0, 0.1) is 0 Å². The minimum absolute atomic E-state index is 0.0603. The fourth-order valence-electron chi connectivity index (χ4n) is 3.47. The van der Waals surface area contributed by atoms with Gasteiger partial charge in [0.25, 0.3) is 11.8 Å². The monoisotopic (exact) mass is 340 g/mol. The van der Waals surface area contributed by atoms with E-state index in [1.165, 1.54) is 0 Å². The smallest absolute Gasteiger partial charge is 0.265 e. The van der Waals surface area contributed by atoms with Crippen LogP contribution >= 0.6 is 0 Å². The Kier molecular flexibility index (Phi) is 3.91. The van der Waals surface area contributed by atoms with Gasteiger partial charge in [-0.15, -0.1) is 0 Å². The molecule has 0 bridgehead atoms. The van der Waals surface area contributed by atoms with Crippen molar-refractivity contribution in [2.75, 3.05) is 11.9 Å². The summed E-state index contributed by atoms with van der Waals surface area (Å²) < 4.78 is 7.58. The van der Waals surface area contributed by atoms with Crippen LogP contribution in [0.1, 0.15) is 30.1 Å². The summed E-state index contributed by atoms with van der Waals surface area (Å²) >= 11 is 0. The number of para-hydroxylation sites is 1. The number of nitrogens with one attached hydrogen (secondary N) is 1. The van der Waals surface area contributed by atoms with Crippen molar-refractivity contribution in [1.29, 1.82) is 0 Å². The summed E-state index contributed by atoms with van der Waals surface area (Å²) in [6.07, 6.45) is 4.97. The molecule has 0 radical (unpaired) electrons. The maximum Gasteiger partial charge on any atom is 0.265 e. The van der Waals surface area contributed by atoms with E-state index < -0.39 is 6.10 Å². The van der Waals surface area contributed by atoms with E-state index in [4.69, 9.17) is 4.74 Å². The van der Waals surface area contributed by atoms with Crippen molar-refractivity contribution < 1.29 is 14.3 Å². The van der Waals surface area contributed by atoms with Gasteiger partial charge in [-0.25, -0.2) is 0 Å². The van der Waals surface area contributed by atoms with Gasteiger partial charge in [-0.2, -0.15) is 5.10 Å². The molecular weight excluding hydrogens is 320 g/mol. The number of nitrogens with zero attached hydrogens (tertiary/aromatic N) is 3. The van der Waals surface area contributed by atoms with Gasteiger partial charge in [-0.05, 0) is 38.0 Å². The lowest BCUT2D eigenvalue weighted by Gasteiger charge is -2.29. The van der Waals surface area contributed by atoms with Crippen LogP contribution in [0.2, 0.25) is 0 Å². The Hall–Kier alpha value is -2.83. The van der Waals surface area contributed by atoms with Crippen molar-refractivity contribution in [2.24, 2.45) is 0 Å². The molecule has 25 heavy (non-hydrogen) atoms. The van der Waals surface area contributed by atoms with Gasteiger partial charge in [-0.1, -0.05) is 6.07 Å². The second kappa shape index (κ2) is 6.23. The van der Waals surface area contributed by atoms with Crippen LogP contribution in [0.5, 0.6) is 5.75 Å². The number of amides is 2.